The molecule has 37 heavy (non-hydrogen) atoms. The summed E-state index contributed by atoms with van der Waals surface area (Å²) in [4.78, 5) is 0. The molecule has 2 N–H and O–H groups in total. The monoisotopic (exact) mass is 512 g/mol. The van der Waals surface area contributed by atoms with Gasteiger partial charge in [-0.3, -0.25) is 0 Å². The largest absolute Gasteiger partial charge is 0.393 e. The van der Waals surface area contributed by atoms with Gasteiger partial charge in [-0.1, -0.05) is 52.2 Å². The molecule has 2 heteroatoms. The lowest BCUT2D eigenvalue weighted by Gasteiger charge is -2.61. The maximum absolute atomic E-state index is 10.4. The first kappa shape index (κ1) is 28.2. The van der Waals surface area contributed by atoms with E-state index in [9.17, 15) is 10.2 Å². The SMILES string of the molecule is CC1CC(O)CC(CC2CCC3C(=CCC4C5CCC(CCCCC(C)(C)O)C5(C)CCC34C)C2C)C1. The molecule has 0 aromatic rings. The van der Waals surface area contributed by atoms with Gasteiger partial charge in [-0.05, 0) is 155 Å². The first-order valence-corrected chi connectivity index (χ1v) is 16.5. The number of unbranched alkanes of at least 4 members (excludes halogenated alkanes) is 1. The summed E-state index contributed by atoms with van der Waals surface area (Å²) in [7, 11) is 0. The van der Waals surface area contributed by atoms with Gasteiger partial charge < -0.3 is 10.2 Å². The molecule has 4 saturated carbocycles. The Hall–Kier alpha value is -0.340. The number of allylic oxidation sites excluding steroid dienone is 2. The molecule has 5 aliphatic rings. The molecule has 4 fully saturated rings. The van der Waals surface area contributed by atoms with E-state index >= 15 is 0 Å². The van der Waals surface area contributed by atoms with E-state index in [0.29, 0.717) is 16.7 Å². The molecule has 0 bridgehead atoms. The van der Waals surface area contributed by atoms with E-state index in [1.165, 1.54) is 77.0 Å². The fraction of sp³-hybridized carbons (Fsp3) is 0.943. The minimum absolute atomic E-state index is 0.0535. The van der Waals surface area contributed by atoms with E-state index in [4.69, 9.17) is 0 Å². The van der Waals surface area contributed by atoms with Crippen LogP contribution in [0.1, 0.15) is 138 Å². The van der Waals surface area contributed by atoms with E-state index in [-0.39, 0.29) is 6.10 Å². The normalized spacial score (nSPS) is 48.1. The Balaban J connectivity index is 1.24. The first-order valence-electron chi connectivity index (χ1n) is 16.5. The Labute approximate surface area is 229 Å². The topological polar surface area (TPSA) is 40.5 Å². The zero-order valence-corrected chi connectivity index (χ0v) is 25.3. The third-order valence-corrected chi connectivity index (χ3v) is 13.2. The van der Waals surface area contributed by atoms with E-state index in [0.717, 1.165) is 60.7 Å². The van der Waals surface area contributed by atoms with Crippen LogP contribution in [0.3, 0.4) is 0 Å². The number of aliphatic hydroxyl groups excluding tert-OH is 1. The number of hydrogen-bond donors (Lipinski definition) is 2. The number of hydrogen-bond acceptors (Lipinski definition) is 2. The van der Waals surface area contributed by atoms with Crippen molar-refractivity contribution in [3.05, 3.63) is 11.6 Å². The van der Waals surface area contributed by atoms with Crippen LogP contribution in [0, 0.1) is 58.2 Å². The van der Waals surface area contributed by atoms with Crippen molar-refractivity contribution in [2.75, 3.05) is 0 Å². The molecule has 2 nitrogen and oxygen atoms in total. The Bertz CT molecular complexity index is 814. The summed E-state index contributed by atoms with van der Waals surface area (Å²) < 4.78 is 0. The maximum Gasteiger partial charge on any atom is 0.0591 e. The second-order valence-electron chi connectivity index (χ2n) is 16.2. The molecule has 212 valence electrons. The van der Waals surface area contributed by atoms with E-state index in [2.05, 4.69) is 33.8 Å². The minimum Gasteiger partial charge on any atom is -0.393 e. The minimum atomic E-state index is -0.507. The fourth-order valence-corrected chi connectivity index (χ4v) is 11.2. The van der Waals surface area contributed by atoms with Crippen molar-refractivity contribution < 1.29 is 10.2 Å². The molecule has 0 amide bonds. The van der Waals surface area contributed by atoms with Gasteiger partial charge in [0.05, 0.1) is 11.7 Å². The molecule has 5 aliphatic carbocycles. The lowest BCUT2D eigenvalue weighted by Crippen LogP contribution is -2.52. The average Bonchev–Trinajstić information content (AvgIpc) is 3.13. The quantitative estimate of drug-likeness (QED) is 0.264. The van der Waals surface area contributed by atoms with Gasteiger partial charge in [0, 0.05) is 0 Å². The van der Waals surface area contributed by atoms with E-state index < -0.39 is 5.60 Å². The molecule has 11 unspecified atom stereocenters. The summed E-state index contributed by atoms with van der Waals surface area (Å²) in [6.45, 7) is 14.2. The summed E-state index contributed by atoms with van der Waals surface area (Å²) >= 11 is 0. The van der Waals surface area contributed by atoms with Crippen molar-refractivity contribution in [3.63, 3.8) is 0 Å². The van der Waals surface area contributed by atoms with Crippen LogP contribution < -0.4 is 0 Å². The van der Waals surface area contributed by atoms with Crippen LogP contribution in [0.2, 0.25) is 0 Å². The highest BCUT2D eigenvalue weighted by molar-refractivity contribution is 5.25. The highest BCUT2D eigenvalue weighted by Gasteiger charge is 2.60. The molecule has 5 rings (SSSR count). The molecular weight excluding hydrogens is 452 g/mol. The lowest BCUT2D eigenvalue weighted by molar-refractivity contribution is -0.0792. The van der Waals surface area contributed by atoms with Gasteiger partial charge >= 0.3 is 0 Å². The van der Waals surface area contributed by atoms with Gasteiger partial charge in [0.2, 0.25) is 0 Å². The van der Waals surface area contributed by atoms with Crippen molar-refractivity contribution in [3.8, 4) is 0 Å². The summed E-state index contributed by atoms with van der Waals surface area (Å²) in [6, 6.07) is 0. The Morgan fingerprint density at radius 3 is 2.41 bits per heavy atom. The molecule has 0 aliphatic heterocycles. The summed E-state index contributed by atoms with van der Waals surface area (Å²) in [5.74, 6) is 6.54. The Kier molecular flexibility index (Phi) is 8.06. The third kappa shape index (κ3) is 5.51. The first-order chi connectivity index (χ1) is 17.4. The van der Waals surface area contributed by atoms with E-state index in [1.54, 1.807) is 0 Å². The van der Waals surface area contributed by atoms with Gasteiger partial charge in [-0.15, -0.1) is 0 Å². The van der Waals surface area contributed by atoms with Crippen LogP contribution in [0.25, 0.3) is 0 Å². The smallest absolute Gasteiger partial charge is 0.0591 e. The second kappa shape index (κ2) is 10.6. The van der Waals surface area contributed by atoms with Crippen LogP contribution >= 0.6 is 0 Å². The molecule has 0 spiro atoms. The molecule has 0 radical (unpaired) electrons. The predicted octanol–water partition coefficient (Wildman–Crippen LogP) is 8.95. The van der Waals surface area contributed by atoms with Crippen LogP contribution in [0.5, 0.6) is 0 Å². The number of aliphatic hydroxyl groups is 2. The molecule has 11 atom stereocenters. The highest BCUT2D eigenvalue weighted by Crippen LogP contribution is 2.69. The van der Waals surface area contributed by atoms with Crippen molar-refractivity contribution in [1.29, 1.82) is 0 Å². The number of rotatable bonds is 7. The average molecular weight is 513 g/mol. The highest BCUT2D eigenvalue weighted by atomic mass is 16.3. The Morgan fingerprint density at radius 2 is 1.68 bits per heavy atom. The fourth-order valence-electron chi connectivity index (χ4n) is 11.2. The third-order valence-electron chi connectivity index (χ3n) is 13.2. The van der Waals surface area contributed by atoms with Gasteiger partial charge in [-0.25, -0.2) is 0 Å². The van der Waals surface area contributed by atoms with Crippen molar-refractivity contribution in [1.82, 2.24) is 0 Å². The maximum atomic E-state index is 10.4. The van der Waals surface area contributed by atoms with Gasteiger partial charge in [0.1, 0.15) is 0 Å². The summed E-state index contributed by atoms with van der Waals surface area (Å²) in [6.07, 6.45) is 22.2. The zero-order chi connectivity index (χ0) is 26.6. The molecule has 0 aromatic heterocycles. The van der Waals surface area contributed by atoms with E-state index in [1.807, 2.05) is 19.4 Å². The van der Waals surface area contributed by atoms with Crippen LogP contribution in [0.4, 0.5) is 0 Å². The standard InChI is InChI=1S/C35H60O2/c1-23-19-25(22-28(36)20-23)21-26-10-13-30-29(24(26)2)12-15-32-31-14-11-27(9-7-8-16-33(3,4)37)34(31,5)17-18-35(30,32)6/h12,23-28,30-32,36-37H,7-11,13-22H2,1-6H3. The van der Waals surface area contributed by atoms with Crippen molar-refractivity contribution in [2.45, 2.75) is 150 Å². The molecular formula is C35H60O2. The van der Waals surface area contributed by atoms with Gasteiger partial charge in [0.15, 0.2) is 0 Å². The second-order valence-corrected chi connectivity index (χ2v) is 16.2. The van der Waals surface area contributed by atoms with Gasteiger partial charge in [-0.2, -0.15) is 0 Å². The van der Waals surface area contributed by atoms with Crippen LogP contribution in [0.15, 0.2) is 11.6 Å². The van der Waals surface area contributed by atoms with Crippen LogP contribution in [-0.2, 0) is 0 Å². The summed E-state index contributed by atoms with van der Waals surface area (Å²) in [5.41, 5.74) is 2.40. The van der Waals surface area contributed by atoms with Crippen molar-refractivity contribution in [2.24, 2.45) is 58.2 Å². The van der Waals surface area contributed by atoms with Crippen LogP contribution in [-0.4, -0.2) is 21.9 Å². The van der Waals surface area contributed by atoms with Crippen molar-refractivity contribution >= 4 is 0 Å². The number of fused-ring (bicyclic) bond motifs is 5. The summed E-state index contributed by atoms with van der Waals surface area (Å²) in [5, 5.41) is 20.5. The molecule has 0 heterocycles. The zero-order valence-electron chi connectivity index (χ0n) is 25.3. The Morgan fingerprint density at radius 1 is 0.919 bits per heavy atom. The molecule has 0 aromatic carbocycles. The predicted molar refractivity (Wildman–Crippen MR) is 155 cm³/mol. The molecule has 0 saturated heterocycles. The lowest BCUT2D eigenvalue weighted by atomic mass is 9.44. The van der Waals surface area contributed by atoms with Gasteiger partial charge in [0.25, 0.3) is 0 Å².